The van der Waals surface area contributed by atoms with E-state index < -0.39 is 59.1 Å². The summed E-state index contributed by atoms with van der Waals surface area (Å²) in [7, 11) is 0. The molecule has 4 rings (SSSR count). The van der Waals surface area contributed by atoms with E-state index in [1.165, 1.54) is 22.3 Å². The zero-order chi connectivity index (χ0) is 35.4. The van der Waals surface area contributed by atoms with Crippen LogP contribution in [0, 0.1) is 28.6 Å². The smallest absolute Gasteiger partial charge is 0.316 e. The average molecular weight is 685 g/mol. The lowest BCUT2D eigenvalue weighted by Crippen LogP contribution is -2.62. The molecule has 0 bridgehead atoms. The number of carbonyl (C=O) groups excluding carboxylic acids is 6. The van der Waals surface area contributed by atoms with Crippen LogP contribution in [0.5, 0.6) is 0 Å². The number of carbonyl (C=O) groups is 6. The molecule has 6 atom stereocenters. The molecule has 4 N–H and O–H groups in total. The number of piperidine rings is 1. The van der Waals surface area contributed by atoms with Crippen LogP contribution in [0.4, 0.5) is 4.79 Å². The van der Waals surface area contributed by atoms with Crippen LogP contribution in [0.25, 0.3) is 0 Å². The highest BCUT2D eigenvalue weighted by atomic mass is 32.1. The van der Waals surface area contributed by atoms with Crippen molar-refractivity contribution in [3.8, 4) is 0 Å². The summed E-state index contributed by atoms with van der Waals surface area (Å²) in [6.45, 7) is 15.5. The minimum Gasteiger partial charge on any atom is -0.346 e. The first kappa shape index (κ1) is 37.2. The molecule has 1 saturated heterocycles. The maximum absolute atomic E-state index is 14.4. The molecule has 2 aliphatic carbocycles. The Balaban J connectivity index is 1.53. The molecular weight excluding hydrogens is 632 g/mol. The Morgan fingerprint density at radius 2 is 1.77 bits per heavy atom. The quantitative estimate of drug-likeness (QED) is 0.132. The van der Waals surface area contributed by atoms with Gasteiger partial charge in [0.05, 0.1) is 12.1 Å². The second kappa shape index (κ2) is 15.3. The number of nitrogens with zero attached hydrogens (tertiary/aromatic N) is 2. The Labute approximate surface area is 287 Å². The van der Waals surface area contributed by atoms with Gasteiger partial charge >= 0.3 is 6.03 Å². The number of Topliss-reactive ketones (excluding diaryl/α,β-unsaturated/α-hetero) is 2. The molecule has 0 aromatic carbocycles. The van der Waals surface area contributed by atoms with Crippen LogP contribution in [0.1, 0.15) is 96.3 Å². The summed E-state index contributed by atoms with van der Waals surface area (Å²) in [5.74, 6) is -2.82. The Bertz CT molecular complexity index is 1380. The average Bonchev–Trinajstić information content (AvgIpc) is 3.50. The van der Waals surface area contributed by atoms with E-state index in [2.05, 4.69) is 46.7 Å². The van der Waals surface area contributed by atoms with E-state index in [0.717, 1.165) is 32.1 Å². The second-order valence-corrected chi connectivity index (χ2v) is 16.0. The van der Waals surface area contributed by atoms with Crippen LogP contribution < -0.4 is 21.3 Å². The van der Waals surface area contributed by atoms with E-state index >= 15 is 0 Å². The first-order chi connectivity index (χ1) is 22.6. The molecule has 5 amide bonds. The third kappa shape index (κ3) is 8.15. The summed E-state index contributed by atoms with van der Waals surface area (Å²) in [4.78, 5) is 86.7. The molecule has 1 aromatic heterocycles. The molecule has 13 heteroatoms. The minimum atomic E-state index is -1.04. The van der Waals surface area contributed by atoms with E-state index in [0.29, 0.717) is 18.0 Å². The van der Waals surface area contributed by atoms with Gasteiger partial charge in [0.2, 0.25) is 23.4 Å². The van der Waals surface area contributed by atoms with Gasteiger partial charge in [0.25, 0.3) is 5.91 Å². The van der Waals surface area contributed by atoms with Gasteiger partial charge in [-0.25, -0.2) is 9.78 Å². The number of amides is 5. The van der Waals surface area contributed by atoms with E-state index in [1.54, 1.807) is 11.6 Å². The molecule has 3 aliphatic rings. The second-order valence-electron chi connectivity index (χ2n) is 15.1. The predicted octanol–water partition coefficient (Wildman–Crippen LogP) is 3.63. The first-order valence-corrected chi connectivity index (χ1v) is 18.1. The number of thiazole rings is 1. The van der Waals surface area contributed by atoms with E-state index in [-0.39, 0.29) is 41.9 Å². The van der Waals surface area contributed by atoms with Crippen molar-refractivity contribution in [3.63, 3.8) is 0 Å². The number of urea groups is 1. The van der Waals surface area contributed by atoms with Gasteiger partial charge < -0.3 is 26.2 Å². The molecule has 264 valence electrons. The van der Waals surface area contributed by atoms with Crippen molar-refractivity contribution in [1.29, 1.82) is 0 Å². The van der Waals surface area contributed by atoms with Crippen molar-refractivity contribution in [2.75, 3.05) is 13.1 Å². The number of hydrogen-bond donors (Lipinski definition) is 4. The minimum absolute atomic E-state index is 0.0386. The van der Waals surface area contributed by atoms with Crippen LogP contribution in [-0.4, -0.2) is 82.5 Å². The lowest BCUT2D eigenvalue weighted by molar-refractivity contribution is -0.145. The molecule has 1 aromatic rings. The molecule has 12 nitrogen and oxygen atoms in total. The zero-order valence-corrected chi connectivity index (χ0v) is 29.9. The fraction of sp³-hybridized carbons (Fsp3) is 0.686. The van der Waals surface area contributed by atoms with Crippen LogP contribution in [0.15, 0.2) is 24.2 Å². The monoisotopic (exact) mass is 684 g/mol. The van der Waals surface area contributed by atoms with E-state index in [9.17, 15) is 28.8 Å². The number of fused-ring (bicyclic) bond motifs is 1. The Morgan fingerprint density at radius 1 is 1.08 bits per heavy atom. The molecule has 1 aliphatic heterocycles. The maximum atomic E-state index is 14.4. The molecule has 1 unspecified atom stereocenters. The number of hydrogen-bond acceptors (Lipinski definition) is 8. The summed E-state index contributed by atoms with van der Waals surface area (Å²) in [6.07, 6.45) is 8.49. The normalized spacial score (nSPS) is 23.5. The Morgan fingerprint density at radius 3 is 2.35 bits per heavy atom. The van der Waals surface area contributed by atoms with Gasteiger partial charge in [-0.1, -0.05) is 73.3 Å². The van der Waals surface area contributed by atoms with Crippen LogP contribution in [-0.2, 0) is 19.2 Å². The van der Waals surface area contributed by atoms with Gasteiger partial charge in [-0.15, -0.1) is 17.9 Å². The van der Waals surface area contributed by atoms with Gasteiger partial charge in [-0.2, -0.15) is 0 Å². The van der Waals surface area contributed by atoms with Crippen molar-refractivity contribution < 1.29 is 28.8 Å². The number of likely N-dealkylation sites (tertiary alicyclic amines) is 1. The van der Waals surface area contributed by atoms with Crippen molar-refractivity contribution in [2.45, 2.75) is 111 Å². The van der Waals surface area contributed by atoms with Crippen molar-refractivity contribution in [1.82, 2.24) is 31.2 Å². The lowest BCUT2D eigenvalue weighted by Gasteiger charge is -2.38. The summed E-state index contributed by atoms with van der Waals surface area (Å²) in [5.41, 5.74) is -0.947. The highest BCUT2D eigenvalue weighted by Gasteiger charge is 2.70. The van der Waals surface area contributed by atoms with Crippen molar-refractivity contribution in [2.24, 2.45) is 28.6 Å². The third-order valence-corrected chi connectivity index (χ3v) is 11.1. The van der Waals surface area contributed by atoms with Crippen molar-refractivity contribution in [3.05, 3.63) is 29.2 Å². The highest BCUT2D eigenvalue weighted by molar-refractivity contribution is 7.11. The summed E-state index contributed by atoms with van der Waals surface area (Å²) >= 11 is 1.23. The van der Waals surface area contributed by atoms with Gasteiger partial charge in [-0.05, 0) is 47.8 Å². The molecule has 3 fully saturated rings. The molecule has 2 heterocycles. The van der Waals surface area contributed by atoms with E-state index in [4.69, 9.17) is 0 Å². The third-order valence-electron chi connectivity index (χ3n) is 10.3. The maximum Gasteiger partial charge on any atom is 0.316 e. The van der Waals surface area contributed by atoms with Gasteiger partial charge in [0, 0.05) is 24.7 Å². The largest absolute Gasteiger partial charge is 0.346 e. The standard InChI is InChI=1S/C35H52N6O6S/c1-8-13-22(26(42)30(45)36-16-9-2)38-29(44)25-23-21(35(23,6)7)19-41(25)32(46)28(34(3,4)5)40-33(47)39-24(20-14-11-10-12-15-20)27(43)31-37-17-18-48-31/h9,17-18,20-25,28H,2,8,10-16,19H2,1,3-7H3,(H,36,45)(H,38,44)(H2,39,40,47)/t21-,22?,23-,24-,25-,28+/m0/s1. The molecular formula is C35H52N6O6S. The SMILES string of the molecule is C=CCNC(=O)C(=O)C(CCC)NC(=O)[C@@H]1[C@@H]2[C@H](CN1C(=O)[C@@H](NC(=O)N[C@H](C(=O)c1nccs1)C1CCCCC1)C(C)(C)C)C2(C)C. The topological polar surface area (TPSA) is 167 Å². The van der Waals surface area contributed by atoms with Crippen LogP contribution >= 0.6 is 11.3 Å². The van der Waals surface area contributed by atoms with Crippen LogP contribution in [0.2, 0.25) is 0 Å². The van der Waals surface area contributed by atoms with Gasteiger partial charge in [0.1, 0.15) is 12.1 Å². The first-order valence-electron chi connectivity index (χ1n) is 17.2. The van der Waals surface area contributed by atoms with E-state index in [1.807, 2.05) is 27.7 Å². The zero-order valence-electron chi connectivity index (χ0n) is 29.1. The van der Waals surface area contributed by atoms with Gasteiger partial charge in [-0.3, -0.25) is 24.0 Å². The summed E-state index contributed by atoms with van der Waals surface area (Å²) in [5, 5.41) is 13.1. The number of aromatic nitrogens is 1. The Hall–Kier alpha value is -3.61. The highest BCUT2D eigenvalue weighted by Crippen LogP contribution is 2.65. The lowest BCUT2D eigenvalue weighted by atomic mass is 9.82. The number of ketones is 2. The fourth-order valence-corrected chi connectivity index (χ4v) is 8.13. The number of nitrogens with one attached hydrogen (secondary N) is 4. The molecule has 0 radical (unpaired) electrons. The van der Waals surface area contributed by atoms with Gasteiger partial charge in [0.15, 0.2) is 5.01 Å². The predicted molar refractivity (Wildman–Crippen MR) is 183 cm³/mol. The summed E-state index contributed by atoms with van der Waals surface area (Å²) in [6, 6.07) is -4.35. The number of rotatable bonds is 14. The fourth-order valence-electron chi connectivity index (χ4n) is 7.51. The summed E-state index contributed by atoms with van der Waals surface area (Å²) < 4.78 is 0. The van der Waals surface area contributed by atoms with Crippen molar-refractivity contribution >= 4 is 46.7 Å². The Kier molecular flexibility index (Phi) is 11.9. The van der Waals surface area contributed by atoms with Crippen LogP contribution in [0.3, 0.4) is 0 Å². The molecule has 2 saturated carbocycles. The molecule has 0 spiro atoms. The molecule has 48 heavy (non-hydrogen) atoms.